The molecule has 1 heterocycles. The third-order valence-corrected chi connectivity index (χ3v) is 2.55. The number of aliphatic hydroxyl groups is 1. The van der Waals surface area contributed by atoms with Gasteiger partial charge in [-0.05, 0) is 19.4 Å². The van der Waals surface area contributed by atoms with Gasteiger partial charge in [0, 0.05) is 19.6 Å². The zero-order valence-electron chi connectivity index (χ0n) is 9.16. The first-order valence-electron chi connectivity index (χ1n) is 5.38. The van der Waals surface area contributed by atoms with Crippen LogP contribution in [0.3, 0.4) is 0 Å². The molecule has 15 heavy (non-hydrogen) atoms. The summed E-state index contributed by atoms with van der Waals surface area (Å²) in [6.45, 7) is 1.26. The highest BCUT2D eigenvalue weighted by molar-refractivity contribution is 5.76. The van der Waals surface area contributed by atoms with Crippen molar-refractivity contribution < 1.29 is 14.6 Å². The molecule has 5 heteroatoms. The molecule has 0 radical (unpaired) electrons. The predicted molar refractivity (Wildman–Crippen MR) is 56.5 cm³/mol. The van der Waals surface area contributed by atoms with E-state index in [1.54, 1.807) is 7.11 Å². The van der Waals surface area contributed by atoms with Crippen LogP contribution in [0.4, 0.5) is 0 Å². The van der Waals surface area contributed by atoms with Gasteiger partial charge in [0.1, 0.15) is 0 Å². The summed E-state index contributed by atoms with van der Waals surface area (Å²) in [4.78, 5) is 11.5. The lowest BCUT2D eigenvalue weighted by Gasteiger charge is -2.16. The normalized spacial score (nSPS) is 22.7. The molecule has 0 spiro atoms. The largest absolute Gasteiger partial charge is 0.394 e. The fraction of sp³-hybridized carbons (Fsp3) is 0.900. The maximum atomic E-state index is 11.5. The molecule has 2 unspecified atom stereocenters. The van der Waals surface area contributed by atoms with Crippen LogP contribution in [-0.2, 0) is 9.53 Å². The molecule has 1 amide bonds. The lowest BCUT2D eigenvalue weighted by Crippen LogP contribution is -2.42. The Bertz CT molecular complexity index is 193. The molecule has 0 aliphatic carbocycles. The van der Waals surface area contributed by atoms with Gasteiger partial charge in [-0.25, -0.2) is 0 Å². The second-order valence-corrected chi connectivity index (χ2v) is 3.90. The number of carbonyl (C=O) groups excluding carboxylic acids is 1. The number of hydrogen-bond donors (Lipinski definition) is 3. The molecule has 5 nitrogen and oxygen atoms in total. The molecule has 88 valence electrons. The number of carbonyl (C=O) groups is 1. The molecule has 0 bridgehead atoms. The molecule has 0 aromatic rings. The predicted octanol–water partition coefficient (Wildman–Crippen LogP) is -0.748. The van der Waals surface area contributed by atoms with Gasteiger partial charge in [0.25, 0.3) is 0 Å². The molecule has 1 aliphatic heterocycles. The van der Waals surface area contributed by atoms with Crippen LogP contribution in [0.1, 0.15) is 19.3 Å². The third kappa shape index (κ3) is 4.59. The Morgan fingerprint density at radius 1 is 1.73 bits per heavy atom. The van der Waals surface area contributed by atoms with E-state index in [0.717, 1.165) is 19.4 Å². The zero-order valence-corrected chi connectivity index (χ0v) is 9.16. The van der Waals surface area contributed by atoms with Crippen LogP contribution in [0.15, 0.2) is 0 Å². The first-order valence-corrected chi connectivity index (χ1v) is 5.38. The van der Waals surface area contributed by atoms with Crippen LogP contribution in [0, 0.1) is 0 Å². The second kappa shape index (κ2) is 6.76. The van der Waals surface area contributed by atoms with Crippen molar-refractivity contribution in [3.8, 4) is 0 Å². The highest BCUT2D eigenvalue weighted by Gasteiger charge is 2.19. The van der Waals surface area contributed by atoms with Crippen LogP contribution < -0.4 is 10.6 Å². The van der Waals surface area contributed by atoms with E-state index in [2.05, 4.69) is 10.6 Å². The molecule has 1 saturated heterocycles. The first kappa shape index (κ1) is 12.4. The SMILES string of the molecule is COCC(CO)NC(=O)CC1CCCN1. The summed E-state index contributed by atoms with van der Waals surface area (Å²) < 4.78 is 4.88. The summed E-state index contributed by atoms with van der Waals surface area (Å²) in [5.41, 5.74) is 0. The van der Waals surface area contributed by atoms with Gasteiger partial charge in [-0.1, -0.05) is 0 Å². The summed E-state index contributed by atoms with van der Waals surface area (Å²) in [6, 6.07) is 0.00999. The van der Waals surface area contributed by atoms with Crippen molar-refractivity contribution in [3.63, 3.8) is 0 Å². The van der Waals surface area contributed by atoms with Gasteiger partial charge < -0.3 is 20.5 Å². The number of amides is 1. The Morgan fingerprint density at radius 3 is 3.07 bits per heavy atom. The molecular formula is C10H20N2O3. The quantitative estimate of drug-likeness (QED) is 0.546. The average Bonchev–Trinajstić information content (AvgIpc) is 2.69. The Balaban J connectivity index is 2.20. The van der Waals surface area contributed by atoms with Gasteiger partial charge in [-0.3, -0.25) is 4.79 Å². The number of ether oxygens (including phenoxy) is 1. The van der Waals surface area contributed by atoms with Gasteiger partial charge in [0.2, 0.25) is 5.91 Å². The van der Waals surface area contributed by atoms with E-state index in [0.29, 0.717) is 19.1 Å². The minimum Gasteiger partial charge on any atom is -0.394 e. The lowest BCUT2D eigenvalue weighted by molar-refractivity contribution is -0.123. The summed E-state index contributed by atoms with van der Waals surface area (Å²) >= 11 is 0. The average molecular weight is 216 g/mol. The molecule has 1 aliphatic rings. The van der Waals surface area contributed by atoms with Gasteiger partial charge in [0.05, 0.1) is 19.3 Å². The van der Waals surface area contributed by atoms with Crippen LogP contribution in [0.25, 0.3) is 0 Å². The van der Waals surface area contributed by atoms with Crippen molar-refractivity contribution in [2.24, 2.45) is 0 Å². The smallest absolute Gasteiger partial charge is 0.221 e. The lowest BCUT2D eigenvalue weighted by atomic mass is 10.1. The van der Waals surface area contributed by atoms with Gasteiger partial charge in [-0.2, -0.15) is 0 Å². The highest BCUT2D eigenvalue weighted by Crippen LogP contribution is 2.08. The maximum Gasteiger partial charge on any atom is 0.221 e. The van der Waals surface area contributed by atoms with Crippen LogP contribution >= 0.6 is 0 Å². The van der Waals surface area contributed by atoms with Crippen molar-refractivity contribution >= 4 is 5.91 Å². The Morgan fingerprint density at radius 2 is 2.53 bits per heavy atom. The second-order valence-electron chi connectivity index (χ2n) is 3.90. The minimum atomic E-state index is -0.288. The Hall–Kier alpha value is -0.650. The highest BCUT2D eigenvalue weighted by atomic mass is 16.5. The maximum absolute atomic E-state index is 11.5. The van der Waals surface area contributed by atoms with Crippen molar-refractivity contribution in [1.82, 2.24) is 10.6 Å². The Labute approximate surface area is 90.2 Å². The van der Waals surface area contributed by atoms with Gasteiger partial charge in [-0.15, -0.1) is 0 Å². The van der Waals surface area contributed by atoms with E-state index in [-0.39, 0.29) is 18.6 Å². The van der Waals surface area contributed by atoms with E-state index in [4.69, 9.17) is 9.84 Å². The first-order chi connectivity index (χ1) is 7.26. The number of methoxy groups -OCH3 is 1. The fourth-order valence-corrected chi connectivity index (χ4v) is 1.78. The monoisotopic (exact) mass is 216 g/mol. The van der Waals surface area contributed by atoms with Crippen molar-refractivity contribution in [3.05, 3.63) is 0 Å². The summed E-state index contributed by atoms with van der Waals surface area (Å²) in [5.74, 6) is -0.0227. The Kier molecular flexibility index (Phi) is 5.60. The number of aliphatic hydroxyl groups excluding tert-OH is 1. The van der Waals surface area contributed by atoms with E-state index in [9.17, 15) is 4.79 Å². The molecule has 3 N–H and O–H groups in total. The van der Waals surface area contributed by atoms with E-state index in [1.165, 1.54) is 0 Å². The summed E-state index contributed by atoms with van der Waals surface area (Å²) in [7, 11) is 1.55. The summed E-state index contributed by atoms with van der Waals surface area (Å²) in [5, 5.41) is 15.0. The van der Waals surface area contributed by atoms with Crippen LogP contribution in [0.2, 0.25) is 0 Å². The van der Waals surface area contributed by atoms with E-state index < -0.39 is 0 Å². The van der Waals surface area contributed by atoms with Gasteiger partial charge in [0.15, 0.2) is 0 Å². The molecular weight excluding hydrogens is 196 g/mol. The topological polar surface area (TPSA) is 70.6 Å². The summed E-state index contributed by atoms with van der Waals surface area (Å²) in [6.07, 6.45) is 2.68. The number of nitrogens with one attached hydrogen (secondary N) is 2. The molecule has 1 rings (SSSR count). The molecule has 1 fully saturated rings. The van der Waals surface area contributed by atoms with Gasteiger partial charge >= 0.3 is 0 Å². The van der Waals surface area contributed by atoms with Crippen molar-refractivity contribution in [2.75, 3.05) is 26.9 Å². The van der Waals surface area contributed by atoms with Crippen molar-refractivity contribution in [2.45, 2.75) is 31.3 Å². The van der Waals surface area contributed by atoms with E-state index >= 15 is 0 Å². The minimum absolute atomic E-state index is 0.0227. The molecule has 0 aromatic heterocycles. The standard InChI is InChI=1S/C10H20N2O3/c1-15-7-9(6-13)12-10(14)5-8-3-2-4-11-8/h8-9,11,13H,2-7H2,1H3,(H,12,14). The molecule has 0 aromatic carbocycles. The van der Waals surface area contributed by atoms with Crippen LogP contribution in [-0.4, -0.2) is 50.0 Å². The molecule has 2 atom stereocenters. The van der Waals surface area contributed by atoms with Crippen molar-refractivity contribution in [1.29, 1.82) is 0 Å². The fourth-order valence-electron chi connectivity index (χ4n) is 1.78. The van der Waals surface area contributed by atoms with Crippen LogP contribution in [0.5, 0.6) is 0 Å². The molecule has 0 saturated carbocycles. The van der Waals surface area contributed by atoms with E-state index in [1.807, 2.05) is 0 Å². The third-order valence-electron chi connectivity index (χ3n) is 2.55. The number of hydrogen-bond acceptors (Lipinski definition) is 4. The number of rotatable bonds is 6. The zero-order chi connectivity index (χ0) is 11.1.